The predicted molar refractivity (Wildman–Crippen MR) is 98.9 cm³/mol. The quantitative estimate of drug-likeness (QED) is 0.609. The lowest BCUT2D eigenvalue weighted by Crippen LogP contribution is -1.97. The van der Waals surface area contributed by atoms with Gasteiger partial charge in [0, 0.05) is 3.57 Å². The number of carboxylic acids is 1. The summed E-state index contributed by atoms with van der Waals surface area (Å²) in [4.78, 5) is 15.8. The van der Waals surface area contributed by atoms with E-state index in [4.69, 9.17) is 0 Å². The fourth-order valence-electron chi connectivity index (χ4n) is 2.14. The smallest absolute Gasteiger partial charge is 0.307 e. The van der Waals surface area contributed by atoms with Crippen LogP contribution >= 0.6 is 33.9 Å². The first-order chi connectivity index (χ1) is 10.6. The molecule has 0 aliphatic rings. The molecule has 5 heteroatoms. The topological polar surface area (TPSA) is 50.2 Å². The SMILES string of the molecule is O=C(O)C/C(=C\c1ccccc1I)c1nc2ccccc2s1. The summed E-state index contributed by atoms with van der Waals surface area (Å²) in [7, 11) is 0. The van der Waals surface area contributed by atoms with E-state index in [-0.39, 0.29) is 6.42 Å². The summed E-state index contributed by atoms with van der Waals surface area (Å²) in [5.74, 6) is -0.851. The minimum absolute atomic E-state index is 0.0369. The van der Waals surface area contributed by atoms with Crippen LogP contribution in [-0.2, 0) is 4.79 Å². The Bertz CT molecular complexity index is 837. The zero-order chi connectivity index (χ0) is 15.5. The Morgan fingerprint density at radius 1 is 1.18 bits per heavy atom. The van der Waals surface area contributed by atoms with Gasteiger partial charge in [0.25, 0.3) is 0 Å². The number of aliphatic carboxylic acids is 1. The van der Waals surface area contributed by atoms with Gasteiger partial charge < -0.3 is 5.11 Å². The highest BCUT2D eigenvalue weighted by Gasteiger charge is 2.13. The molecular weight excluding hydrogens is 409 g/mol. The van der Waals surface area contributed by atoms with Gasteiger partial charge in [0.05, 0.1) is 16.6 Å². The lowest BCUT2D eigenvalue weighted by molar-refractivity contribution is -0.135. The number of carbonyl (C=O) groups is 1. The van der Waals surface area contributed by atoms with Crippen molar-refractivity contribution in [1.82, 2.24) is 4.98 Å². The average Bonchev–Trinajstić information content (AvgIpc) is 2.92. The number of aromatic nitrogens is 1. The Kier molecular flexibility index (Phi) is 4.54. The van der Waals surface area contributed by atoms with Gasteiger partial charge in [-0.2, -0.15) is 0 Å². The maximum Gasteiger partial charge on any atom is 0.307 e. The first-order valence-electron chi connectivity index (χ1n) is 6.66. The van der Waals surface area contributed by atoms with Gasteiger partial charge in [-0.3, -0.25) is 4.79 Å². The number of thiazole rings is 1. The predicted octanol–water partition coefficient (Wildman–Crippen LogP) is 4.92. The number of rotatable bonds is 4. The molecule has 0 unspecified atom stereocenters. The van der Waals surface area contributed by atoms with Crippen molar-refractivity contribution < 1.29 is 9.90 Å². The Hall–Kier alpha value is -1.73. The molecule has 0 saturated carbocycles. The monoisotopic (exact) mass is 421 g/mol. The molecule has 2 aromatic carbocycles. The van der Waals surface area contributed by atoms with Crippen LogP contribution in [0.5, 0.6) is 0 Å². The van der Waals surface area contributed by atoms with Crippen LogP contribution in [0.2, 0.25) is 0 Å². The molecule has 0 aliphatic carbocycles. The first kappa shape index (κ1) is 15.2. The first-order valence-corrected chi connectivity index (χ1v) is 8.56. The third-order valence-electron chi connectivity index (χ3n) is 3.15. The van der Waals surface area contributed by atoms with Gasteiger partial charge in [-0.05, 0) is 58.0 Å². The number of nitrogens with zero attached hydrogens (tertiary/aromatic N) is 1. The number of benzene rings is 2. The summed E-state index contributed by atoms with van der Waals surface area (Å²) < 4.78 is 2.15. The van der Waals surface area contributed by atoms with Gasteiger partial charge >= 0.3 is 5.97 Å². The molecule has 0 aliphatic heterocycles. The Morgan fingerprint density at radius 3 is 2.64 bits per heavy atom. The Labute approximate surface area is 145 Å². The fraction of sp³-hybridized carbons (Fsp3) is 0.0588. The van der Waals surface area contributed by atoms with E-state index >= 15 is 0 Å². The van der Waals surface area contributed by atoms with Crippen LogP contribution in [0, 0.1) is 3.57 Å². The van der Waals surface area contributed by atoms with Gasteiger partial charge in [-0.15, -0.1) is 11.3 Å². The van der Waals surface area contributed by atoms with Crippen molar-refractivity contribution in [2.45, 2.75) is 6.42 Å². The third kappa shape index (κ3) is 3.36. The van der Waals surface area contributed by atoms with Crippen molar-refractivity contribution in [3.63, 3.8) is 0 Å². The van der Waals surface area contributed by atoms with Crippen LogP contribution in [0.15, 0.2) is 48.5 Å². The highest BCUT2D eigenvalue weighted by Crippen LogP contribution is 2.30. The van der Waals surface area contributed by atoms with Crippen LogP contribution in [0.25, 0.3) is 21.9 Å². The highest BCUT2D eigenvalue weighted by molar-refractivity contribution is 14.1. The fourth-order valence-corrected chi connectivity index (χ4v) is 3.66. The molecule has 0 bridgehead atoms. The van der Waals surface area contributed by atoms with E-state index in [1.807, 2.05) is 54.6 Å². The van der Waals surface area contributed by atoms with E-state index in [1.165, 1.54) is 11.3 Å². The maximum atomic E-state index is 11.2. The minimum Gasteiger partial charge on any atom is -0.481 e. The van der Waals surface area contributed by atoms with Crippen molar-refractivity contribution in [3.8, 4) is 0 Å². The molecule has 1 heterocycles. The zero-order valence-electron chi connectivity index (χ0n) is 11.5. The van der Waals surface area contributed by atoms with Crippen molar-refractivity contribution in [2.24, 2.45) is 0 Å². The van der Waals surface area contributed by atoms with Crippen molar-refractivity contribution in [3.05, 3.63) is 62.7 Å². The molecule has 0 spiro atoms. The highest BCUT2D eigenvalue weighted by atomic mass is 127. The summed E-state index contributed by atoms with van der Waals surface area (Å²) in [5, 5.41) is 9.97. The van der Waals surface area contributed by atoms with Gasteiger partial charge in [0.2, 0.25) is 0 Å². The van der Waals surface area contributed by atoms with Crippen molar-refractivity contribution in [1.29, 1.82) is 0 Å². The molecule has 0 fully saturated rings. The van der Waals surface area contributed by atoms with Crippen molar-refractivity contribution in [2.75, 3.05) is 0 Å². The van der Waals surface area contributed by atoms with Gasteiger partial charge in [0.1, 0.15) is 5.01 Å². The van der Waals surface area contributed by atoms with Gasteiger partial charge in [-0.1, -0.05) is 30.3 Å². The molecule has 3 rings (SSSR count). The van der Waals surface area contributed by atoms with Crippen LogP contribution < -0.4 is 0 Å². The van der Waals surface area contributed by atoms with Crippen molar-refractivity contribution >= 4 is 61.8 Å². The molecule has 110 valence electrons. The van der Waals surface area contributed by atoms with Crippen LogP contribution in [-0.4, -0.2) is 16.1 Å². The molecule has 3 nitrogen and oxygen atoms in total. The number of halogens is 1. The molecule has 1 N–H and O–H groups in total. The second-order valence-electron chi connectivity index (χ2n) is 4.75. The second-order valence-corrected chi connectivity index (χ2v) is 6.94. The molecule has 0 radical (unpaired) electrons. The van der Waals surface area contributed by atoms with E-state index in [9.17, 15) is 9.90 Å². The van der Waals surface area contributed by atoms with Crippen LogP contribution in [0.1, 0.15) is 17.0 Å². The summed E-state index contributed by atoms with van der Waals surface area (Å²) in [6.07, 6.45) is 1.89. The molecule has 0 saturated heterocycles. The average molecular weight is 421 g/mol. The number of fused-ring (bicyclic) bond motifs is 1. The molecule has 22 heavy (non-hydrogen) atoms. The summed E-state index contributed by atoms with van der Waals surface area (Å²) in [5.41, 5.74) is 2.65. The van der Waals surface area contributed by atoms with Crippen LogP contribution in [0.4, 0.5) is 0 Å². The van der Waals surface area contributed by atoms with Gasteiger partial charge in [0.15, 0.2) is 0 Å². The molecular formula is C17H12INO2S. The molecule has 3 aromatic rings. The standard InChI is InChI=1S/C17H12INO2S/c18-13-6-2-1-5-11(13)9-12(10-16(20)21)17-19-14-7-3-4-8-15(14)22-17/h1-9H,10H2,(H,20,21)/b12-9+. The van der Waals surface area contributed by atoms with E-state index in [1.54, 1.807) is 0 Å². The summed E-state index contributed by atoms with van der Waals surface area (Å²) in [6, 6.07) is 15.7. The normalized spacial score (nSPS) is 11.8. The molecule has 1 aromatic heterocycles. The second kappa shape index (κ2) is 6.58. The maximum absolute atomic E-state index is 11.2. The van der Waals surface area contributed by atoms with E-state index in [0.717, 1.165) is 29.9 Å². The minimum atomic E-state index is -0.851. The van der Waals surface area contributed by atoms with E-state index in [0.29, 0.717) is 0 Å². The zero-order valence-corrected chi connectivity index (χ0v) is 14.5. The molecule has 0 amide bonds. The third-order valence-corrected chi connectivity index (χ3v) is 5.24. The Balaban J connectivity index is 2.10. The Morgan fingerprint density at radius 2 is 1.91 bits per heavy atom. The van der Waals surface area contributed by atoms with E-state index in [2.05, 4.69) is 27.6 Å². The largest absolute Gasteiger partial charge is 0.481 e. The lowest BCUT2D eigenvalue weighted by atomic mass is 10.1. The van der Waals surface area contributed by atoms with E-state index < -0.39 is 5.97 Å². The number of carboxylic acid groups (broad SMARTS) is 1. The summed E-state index contributed by atoms with van der Waals surface area (Å²) >= 11 is 3.78. The van der Waals surface area contributed by atoms with Gasteiger partial charge in [-0.25, -0.2) is 4.98 Å². The summed E-state index contributed by atoms with van der Waals surface area (Å²) in [6.45, 7) is 0. The number of hydrogen-bond donors (Lipinski definition) is 1. The number of para-hydroxylation sites is 1. The van der Waals surface area contributed by atoms with Crippen LogP contribution in [0.3, 0.4) is 0 Å². The number of hydrogen-bond acceptors (Lipinski definition) is 3. The molecule has 0 atom stereocenters. The lowest BCUT2D eigenvalue weighted by Gasteiger charge is -2.03.